The maximum Gasteiger partial charge on any atom is 0.251 e. The van der Waals surface area contributed by atoms with Crippen molar-refractivity contribution in [3.63, 3.8) is 0 Å². The first kappa shape index (κ1) is 16.2. The summed E-state index contributed by atoms with van der Waals surface area (Å²) in [6, 6.07) is 3.21. The van der Waals surface area contributed by atoms with Gasteiger partial charge < -0.3 is 10.1 Å². The number of aromatic nitrogens is 1. The smallest absolute Gasteiger partial charge is 0.251 e. The molecule has 0 aliphatic carbocycles. The van der Waals surface area contributed by atoms with Crippen LogP contribution >= 0.6 is 11.6 Å². The van der Waals surface area contributed by atoms with Crippen molar-refractivity contribution < 1.29 is 9.53 Å². The molecule has 1 saturated heterocycles. The molecule has 1 N–H and O–H groups in total. The van der Waals surface area contributed by atoms with Crippen LogP contribution in [0.1, 0.15) is 24.2 Å². The van der Waals surface area contributed by atoms with E-state index in [4.69, 9.17) is 16.3 Å². The fraction of sp³-hybridized carbons (Fsp3) is 0.600. The van der Waals surface area contributed by atoms with Gasteiger partial charge in [-0.05, 0) is 18.1 Å². The minimum Gasteiger partial charge on any atom is -0.374 e. The standard InChI is InChI=1S/C15H22ClN3O2/c1-11(2)9-19-5-6-21-13(10-19)8-18-15(20)12-3-4-17-14(16)7-12/h3-4,7,11,13H,5-6,8-10H2,1-2H3,(H,18,20)/t13-/m0/s1. The Morgan fingerprint density at radius 3 is 3.14 bits per heavy atom. The molecule has 2 heterocycles. The zero-order valence-electron chi connectivity index (χ0n) is 12.5. The maximum atomic E-state index is 12.0. The van der Waals surface area contributed by atoms with Crippen molar-refractivity contribution in [2.75, 3.05) is 32.8 Å². The molecule has 1 aliphatic heterocycles. The van der Waals surface area contributed by atoms with E-state index < -0.39 is 0 Å². The van der Waals surface area contributed by atoms with Crippen LogP contribution in [0.3, 0.4) is 0 Å². The third-order valence-electron chi connectivity index (χ3n) is 3.33. The summed E-state index contributed by atoms with van der Waals surface area (Å²) in [5.41, 5.74) is 0.518. The van der Waals surface area contributed by atoms with E-state index in [2.05, 4.69) is 29.0 Å². The van der Waals surface area contributed by atoms with E-state index in [0.717, 1.165) is 19.6 Å². The van der Waals surface area contributed by atoms with Crippen LogP contribution in [0.25, 0.3) is 0 Å². The van der Waals surface area contributed by atoms with Crippen molar-refractivity contribution in [1.82, 2.24) is 15.2 Å². The lowest BCUT2D eigenvalue weighted by atomic mass is 10.1. The van der Waals surface area contributed by atoms with Gasteiger partial charge >= 0.3 is 0 Å². The summed E-state index contributed by atoms with van der Waals surface area (Å²) in [7, 11) is 0. The Morgan fingerprint density at radius 2 is 2.43 bits per heavy atom. The van der Waals surface area contributed by atoms with Gasteiger partial charge in [-0.25, -0.2) is 4.98 Å². The van der Waals surface area contributed by atoms with Crippen LogP contribution in [0.4, 0.5) is 0 Å². The molecule has 0 unspecified atom stereocenters. The van der Waals surface area contributed by atoms with E-state index in [9.17, 15) is 4.79 Å². The van der Waals surface area contributed by atoms with Crippen LogP contribution in [0.15, 0.2) is 18.3 Å². The summed E-state index contributed by atoms with van der Waals surface area (Å²) < 4.78 is 5.70. The van der Waals surface area contributed by atoms with E-state index in [1.807, 2.05) is 0 Å². The highest BCUT2D eigenvalue weighted by Crippen LogP contribution is 2.09. The number of hydrogen-bond acceptors (Lipinski definition) is 4. The van der Waals surface area contributed by atoms with E-state index >= 15 is 0 Å². The molecule has 21 heavy (non-hydrogen) atoms. The number of pyridine rings is 1. The summed E-state index contributed by atoms with van der Waals surface area (Å²) in [4.78, 5) is 18.3. The first-order chi connectivity index (χ1) is 10.0. The van der Waals surface area contributed by atoms with Crippen molar-refractivity contribution >= 4 is 17.5 Å². The number of nitrogens with zero attached hydrogens (tertiary/aromatic N) is 2. The Morgan fingerprint density at radius 1 is 1.62 bits per heavy atom. The molecule has 0 aromatic carbocycles. The normalized spacial score (nSPS) is 19.7. The molecule has 0 bridgehead atoms. The van der Waals surface area contributed by atoms with E-state index in [1.165, 1.54) is 6.20 Å². The Balaban J connectivity index is 1.81. The zero-order chi connectivity index (χ0) is 15.2. The number of ether oxygens (including phenoxy) is 1. The number of rotatable bonds is 5. The van der Waals surface area contributed by atoms with Crippen LogP contribution in [-0.4, -0.2) is 54.7 Å². The average molecular weight is 312 g/mol. The van der Waals surface area contributed by atoms with Crippen molar-refractivity contribution in [3.05, 3.63) is 29.0 Å². The average Bonchev–Trinajstić information content (AvgIpc) is 2.44. The number of amides is 1. The first-order valence-corrected chi connectivity index (χ1v) is 7.66. The summed E-state index contributed by atoms with van der Waals surface area (Å²) in [5, 5.41) is 3.21. The maximum absolute atomic E-state index is 12.0. The number of morpholine rings is 1. The minimum absolute atomic E-state index is 0.0405. The minimum atomic E-state index is -0.149. The Bertz CT molecular complexity index is 482. The van der Waals surface area contributed by atoms with Gasteiger partial charge in [-0.1, -0.05) is 25.4 Å². The van der Waals surface area contributed by atoms with E-state index in [-0.39, 0.29) is 12.0 Å². The fourth-order valence-corrected chi connectivity index (χ4v) is 2.61. The summed E-state index contributed by atoms with van der Waals surface area (Å²) >= 11 is 5.78. The number of nitrogens with one attached hydrogen (secondary N) is 1. The molecule has 2 rings (SSSR count). The second-order valence-corrected chi connectivity index (χ2v) is 6.11. The molecule has 1 fully saturated rings. The predicted octanol–water partition coefficient (Wildman–Crippen LogP) is 1.82. The summed E-state index contributed by atoms with van der Waals surface area (Å²) in [6.45, 7) is 8.52. The molecule has 6 heteroatoms. The molecular formula is C15H22ClN3O2. The van der Waals surface area contributed by atoms with Crippen LogP contribution in [-0.2, 0) is 4.74 Å². The lowest BCUT2D eigenvalue weighted by molar-refractivity contribution is -0.0295. The molecule has 1 aromatic rings. The van der Waals surface area contributed by atoms with Gasteiger partial charge in [-0.3, -0.25) is 9.69 Å². The highest BCUT2D eigenvalue weighted by atomic mass is 35.5. The molecular weight excluding hydrogens is 290 g/mol. The van der Waals surface area contributed by atoms with Gasteiger partial charge in [0.15, 0.2) is 0 Å². The molecule has 1 amide bonds. The molecule has 116 valence electrons. The van der Waals surface area contributed by atoms with Crippen LogP contribution < -0.4 is 5.32 Å². The SMILES string of the molecule is CC(C)CN1CCO[C@@H](CNC(=O)c2ccnc(Cl)c2)C1. The van der Waals surface area contributed by atoms with Gasteiger partial charge in [-0.15, -0.1) is 0 Å². The van der Waals surface area contributed by atoms with Crippen molar-refractivity contribution in [2.24, 2.45) is 5.92 Å². The van der Waals surface area contributed by atoms with E-state index in [0.29, 0.717) is 29.8 Å². The topological polar surface area (TPSA) is 54.5 Å². The first-order valence-electron chi connectivity index (χ1n) is 7.28. The van der Waals surface area contributed by atoms with Gasteiger partial charge in [0.25, 0.3) is 5.91 Å². The van der Waals surface area contributed by atoms with Crippen molar-refractivity contribution in [1.29, 1.82) is 0 Å². The number of halogens is 1. The molecule has 0 saturated carbocycles. The van der Waals surface area contributed by atoms with Crippen LogP contribution in [0.5, 0.6) is 0 Å². The summed E-state index contributed by atoms with van der Waals surface area (Å²) in [5.74, 6) is 0.487. The second kappa shape index (κ2) is 7.73. The molecule has 0 spiro atoms. The largest absolute Gasteiger partial charge is 0.374 e. The molecule has 1 aliphatic rings. The zero-order valence-corrected chi connectivity index (χ0v) is 13.3. The molecule has 1 atom stereocenters. The van der Waals surface area contributed by atoms with Crippen molar-refractivity contribution in [3.8, 4) is 0 Å². The highest BCUT2D eigenvalue weighted by Gasteiger charge is 2.21. The second-order valence-electron chi connectivity index (χ2n) is 5.72. The number of hydrogen-bond donors (Lipinski definition) is 1. The number of carbonyl (C=O) groups is 1. The van der Waals surface area contributed by atoms with Gasteiger partial charge in [0, 0.05) is 37.9 Å². The quantitative estimate of drug-likeness (QED) is 0.843. The van der Waals surface area contributed by atoms with Crippen LogP contribution in [0, 0.1) is 5.92 Å². The fourth-order valence-electron chi connectivity index (χ4n) is 2.44. The predicted molar refractivity (Wildman–Crippen MR) is 82.6 cm³/mol. The Labute approximate surface area is 130 Å². The lowest BCUT2D eigenvalue weighted by Crippen LogP contribution is -2.48. The summed E-state index contributed by atoms with van der Waals surface area (Å²) in [6.07, 6.45) is 1.57. The Hall–Kier alpha value is -1.17. The Kier molecular flexibility index (Phi) is 5.96. The van der Waals surface area contributed by atoms with Crippen molar-refractivity contribution in [2.45, 2.75) is 20.0 Å². The van der Waals surface area contributed by atoms with Gasteiger partial charge in [0.2, 0.25) is 0 Å². The number of carbonyl (C=O) groups excluding carboxylic acids is 1. The van der Waals surface area contributed by atoms with E-state index in [1.54, 1.807) is 12.1 Å². The molecule has 0 radical (unpaired) electrons. The van der Waals surface area contributed by atoms with Gasteiger partial charge in [-0.2, -0.15) is 0 Å². The van der Waals surface area contributed by atoms with Gasteiger partial charge in [0.1, 0.15) is 5.15 Å². The molecule has 5 nitrogen and oxygen atoms in total. The third kappa shape index (κ3) is 5.26. The van der Waals surface area contributed by atoms with Crippen LogP contribution in [0.2, 0.25) is 5.15 Å². The highest BCUT2D eigenvalue weighted by molar-refractivity contribution is 6.29. The third-order valence-corrected chi connectivity index (χ3v) is 3.53. The lowest BCUT2D eigenvalue weighted by Gasteiger charge is -2.33. The molecule has 1 aromatic heterocycles. The monoisotopic (exact) mass is 311 g/mol. The van der Waals surface area contributed by atoms with Gasteiger partial charge in [0.05, 0.1) is 12.7 Å².